The maximum Gasteiger partial charge on any atom is 0.269 e. The first-order chi connectivity index (χ1) is 11.1. The average molecular weight is 307 g/mol. The molecule has 0 radical (unpaired) electrons. The van der Waals surface area contributed by atoms with Gasteiger partial charge in [0, 0.05) is 11.1 Å². The number of rotatable bonds is 3. The van der Waals surface area contributed by atoms with Crippen molar-refractivity contribution in [3.05, 3.63) is 71.5 Å². The predicted octanol–water partition coefficient (Wildman–Crippen LogP) is 3.56. The molecule has 0 bridgehead atoms. The smallest absolute Gasteiger partial charge is 0.269 e. The molecule has 0 spiro atoms. The van der Waals surface area contributed by atoms with E-state index in [1.54, 1.807) is 24.3 Å². The summed E-state index contributed by atoms with van der Waals surface area (Å²) < 4.78 is 5.33. The van der Waals surface area contributed by atoms with E-state index in [0.717, 1.165) is 5.56 Å². The largest absolute Gasteiger partial charge is 0.501 e. The van der Waals surface area contributed by atoms with Crippen LogP contribution in [0.1, 0.15) is 28.4 Å². The molecule has 1 aliphatic rings. The highest BCUT2D eigenvalue weighted by molar-refractivity contribution is 6.41. The number of imide groups is 1. The highest BCUT2D eigenvalue weighted by Gasteiger charge is 2.36. The number of carbonyl (C=O) groups is 2. The van der Waals surface area contributed by atoms with Gasteiger partial charge < -0.3 is 4.74 Å². The number of amides is 2. The summed E-state index contributed by atoms with van der Waals surface area (Å²) in [5.41, 5.74) is 2.97. The third-order valence-electron chi connectivity index (χ3n) is 3.81. The van der Waals surface area contributed by atoms with Crippen molar-refractivity contribution >= 4 is 23.1 Å². The van der Waals surface area contributed by atoms with Crippen LogP contribution in [0.5, 0.6) is 0 Å². The molecule has 0 aromatic heterocycles. The Morgan fingerprint density at radius 1 is 0.957 bits per heavy atom. The maximum atomic E-state index is 12.9. The van der Waals surface area contributed by atoms with Gasteiger partial charge in [-0.25, -0.2) is 4.90 Å². The minimum absolute atomic E-state index is 0.312. The van der Waals surface area contributed by atoms with E-state index in [-0.39, 0.29) is 11.8 Å². The molecule has 4 nitrogen and oxygen atoms in total. The van der Waals surface area contributed by atoms with Crippen LogP contribution in [0.4, 0.5) is 5.69 Å². The van der Waals surface area contributed by atoms with E-state index in [0.29, 0.717) is 29.0 Å². The molecule has 23 heavy (non-hydrogen) atoms. The van der Waals surface area contributed by atoms with Crippen molar-refractivity contribution in [1.29, 1.82) is 0 Å². The number of anilines is 1. The first-order valence-corrected chi connectivity index (χ1v) is 7.50. The number of benzene rings is 2. The predicted molar refractivity (Wildman–Crippen MR) is 89.0 cm³/mol. The summed E-state index contributed by atoms with van der Waals surface area (Å²) in [6, 6.07) is 14.4. The summed E-state index contributed by atoms with van der Waals surface area (Å²) in [5.74, 6) is -0.676. The number of aryl methyl sites for hydroxylation is 1. The number of para-hydroxylation sites is 1. The van der Waals surface area contributed by atoms with Gasteiger partial charge in [0.25, 0.3) is 11.8 Å². The van der Waals surface area contributed by atoms with Crippen LogP contribution in [0.25, 0.3) is 5.57 Å². The fourth-order valence-electron chi connectivity index (χ4n) is 2.67. The van der Waals surface area contributed by atoms with Crippen molar-refractivity contribution in [3.8, 4) is 0 Å². The summed E-state index contributed by atoms with van der Waals surface area (Å²) in [6.45, 7) is 4.18. The zero-order valence-electron chi connectivity index (χ0n) is 13.1. The van der Waals surface area contributed by atoms with Gasteiger partial charge in [-0.05, 0) is 31.5 Å². The Bertz CT molecular complexity index is 808. The Hall–Kier alpha value is -2.88. The molecular formula is C19H17NO3. The Balaban J connectivity index is 2.19. The highest BCUT2D eigenvalue weighted by atomic mass is 16.5. The summed E-state index contributed by atoms with van der Waals surface area (Å²) in [7, 11) is 0. The Morgan fingerprint density at radius 2 is 1.61 bits per heavy atom. The van der Waals surface area contributed by atoms with Gasteiger partial charge in [-0.1, -0.05) is 36.4 Å². The first-order valence-electron chi connectivity index (χ1n) is 7.50. The summed E-state index contributed by atoms with van der Waals surface area (Å²) >= 11 is 0. The SMILES string of the molecule is CCO/C=C1\C(=O)N(c2ccccc2C)C(=O)c2ccccc21. The molecule has 3 rings (SSSR count). The van der Waals surface area contributed by atoms with Gasteiger partial charge in [0.1, 0.15) is 0 Å². The van der Waals surface area contributed by atoms with E-state index in [2.05, 4.69) is 0 Å². The van der Waals surface area contributed by atoms with Crippen LogP contribution < -0.4 is 4.90 Å². The number of ether oxygens (including phenoxy) is 1. The third-order valence-corrected chi connectivity index (χ3v) is 3.81. The molecule has 0 N–H and O–H groups in total. The Morgan fingerprint density at radius 3 is 2.30 bits per heavy atom. The second-order valence-electron chi connectivity index (χ2n) is 5.26. The third kappa shape index (κ3) is 2.52. The monoisotopic (exact) mass is 307 g/mol. The molecule has 0 aliphatic carbocycles. The minimum Gasteiger partial charge on any atom is -0.501 e. The molecule has 2 aromatic carbocycles. The van der Waals surface area contributed by atoms with Gasteiger partial charge >= 0.3 is 0 Å². The minimum atomic E-state index is -0.364. The van der Waals surface area contributed by atoms with E-state index < -0.39 is 0 Å². The van der Waals surface area contributed by atoms with E-state index >= 15 is 0 Å². The second kappa shape index (κ2) is 6.08. The van der Waals surface area contributed by atoms with Crippen molar-refractivity contribution in [2.45, 2.75) is 13.8 Å². The normalized spacial score (nSPS) is 15.7. The molecule has 0 unspecified atom stereocenters. The summed E-state index contributed by atoms with van der Waals surface area (Å²) in [6.07, 6.45) is 1.44. The van der Waals surface area contributed by atoms with Gasteiger partial charge in [-0.3, -0.25) is 9.59 Å². The molecule has 1 aliphatic heterocycles. The average Bonchev–Trinajstić information content (AvgIpc) is 2.57. The molecule has 4 heteroatoms. The fraction of sp³-hybridized carbons (Fsp3) is 0.158. The van der Waals surface area contributed by atoms with E-state index in [1.165, 1.54) is 11.2 Å². The topological polar surface area (TPSA) is 46.6 Å². The molecule has 2 aromatic rings. The Labute approximate surface area is 135 Å². The zero-order valence-corrected chi connectivity index (χ0v) is 13.1. The van der Waals surface area contributed by atoms with Crippen LogP contribution in [0.15, 0.2) is 54.8 Å². The number of hydrogen-bond acceptors (Lipinski definition) is 3. The van der Waals surface area contributed by atoms with E-state index in [9.17, 15) is 9.59 Å². The van der Waals surface area contributed by atoms with Gasteiger partial charge in [0.15, 0.2) is 0 Å². The second-order valence-corrected chi connectivity index (χ2v) is 5.26. The Kier molecular flexibility index (Phi) is 3.98. The van der Waals surface area contributed by atoms with Crippen LogP contribution in [0.3, 0.4) is 0 Å². The lowest BCUT2D eigenvalue weighted by Gasteiger charge is -2.29. The lowest BCUT2D eigenvalue weighted by molar-refractivity contribution is -0.113. The summed E-state index contributed by atoms with van der Waals surface area (Å²) in [4.78, 5) is 27.0. The van der Waals surface area contributed by atoms with Gasteiger partial charge in [0.05, 0.1) is 24.1 Å². The first kappa shape index (κ1) is 15.0. The number of fused-ring (bicyclic) bond motifs is 1. The van der Waals surface area contributed by atoms with Gasteiger partial charge in [0.2, 0.25) is 0 Å². The fourth-order valence-corrected chi connectivity index (χ4v) is 2.67. The van der Waals surface area contributed by atoms with Crippen LogP contribution in [-0.2, 0) is 9.53 Å². The van der Waals surface area contributed by atoms with Crippen LogP contribution in [-0.4, -0.2) is 18.4 Å². The number of carbonyl (C=O) groups excluding carboxylic acids is 2. The molecule has 116 valence electrons. The van der Waals surface area contributed by atoms with Crippen molar-refractivity contribution < 1.29 is 14.3 Å². The zero-order chi connectivity index (χ0) is 16.4. The van der Waals surface area contributed by atoms with Crippen LogP contribution in [0.2, 0.25) is 0 Å². The van der Waals surface area contributed by atoms with Crippen LogP contribution >= 0.6 is 0 Å². The molecular weight excluding hydrogens is 290 g/mol. The van der Waals surface area contributed by atoms with E-state index in [1.807, 2.05) is 38.1 Å². The number of nitrogens with zero attached hydrogens (tertiary/aromatic N) is 1. The molecule has 0 fully saturated rings. The lowest BCUT2D eigenvalue weighted by atomic mass is 9.93. The maximum absolute atomic E-state index is 12.9. The summed E-state index contributed by atoms with van der Waals surface area (Å²) in [5, 5.41) is 0. The molecule has 0 saturated heterocycles. The molecule has 0 saturated carbocycles. The van der Waals surface area contributed by atoms with Crippen LogP contribution in [0, 0.1) is 6.92 Å². The molecule has 0 atom stereocenters. The quantitative estimate of drug-likeness (QED) is 0.495. The van der Waals surface area contributed by atoms with Crippen molar-refractivity contribution in [2.75, 3.05) is 11.5 Å². The molecule has 2 amide bonds. The highest BCUT2D eigenvalue weighted by Crippen LogP contribution is 2.33. The van der Waals surface area contributed by atoms with Crippen molar-refractivity contribution in [2.24, 2.45) is 0 Å². The number of hydrogen-bond donors (Lipinski definition) is 0. The van der Waals surface area contributed by atoms with Gasteiger partial charge in [-0.2, -0.15) is 0 Å². The molecule has 1 heterocycles. The van der Waals surface area contributed by atoms with E-state index in [4.69, 9.17) is 4.74 Å². The van der Waals surface area contributed by atoms with Crippen molar-refractivity contribution in [1.82, 2.24) is 0 Å². The standard InChI is InChI=1S/C19H17NO3/c1-3-23-12-16-14-9-5-6-10-15(14)18(21)20(19(16)22)17-11-7-4-8-13(17)2/h4-12H,3H2,1-2H3/b16-12-. The van der Waals surface area contributed by atoms with Gasteiger partial charge in [-0.15, -0.1) is 0 Å². The van der Waals surface area contributed by atoms with Crippen molar-refractivity contribution in [3.63, 3.8) is 0 Å². The lowest BCUT2D eigenvalue weighted by Crippen LogP contribution is -2.42.